The molecule has 5 heteroatoms. The fraction of sp³-hybridized carbons (Fsp3) is 0.111. The van der Waals surface area contributed by atoms with Gasteiger partial charge in [0.25, 0.3) is 0 Å². The molecular weight excluding hydrogens is 204 g/mol. The molecule has 1 heterocycles. The highest BCUT2D eigenvalue weighted by Gasteiger charge is 2.04. The molecule has 1 aromatic rings. The summed E-state index contributed by atoms with van der Waals surface area (Å²) in [6.45, 7) is 0. The van der Waals surface area contributed by atoms with E-state index in [9.17, 15) is 9.59 Å². The summed E-state index contributed by atoms with van der Waals surface area (Å²) in [5, 5.41) is 8.62. The number of carbonyl (C=O) groups is 2. The molecule has 0 aliphatic heterocycles. The monoisotopic (exact) mass is 212 g/mol. The molecule has 0 amide bonds. The molecule has 0 radical (unpaired) electrons. The molecule has 1 N–H and O–H groups in total. The lowest BCUT2D eigenvalue weighted by Crippen LogP contribution is -1.92. The average molecular weight is 212 g/mol. The fourth-order valence-electron chi connectivity index (χ4n) is 0.776. The van der Waals surface area contributed by atoms with E-state index in [0.29, 0.717) is 4.88 Å². The van der Waals surface area contributed by atoms with Gasteiger partial charge in [-0.15, -0.1) is 11.3 Å². The van der Waals surface area contributed by atoms with Gasteiger partial charge in [0.05, 0.1) is 7.11 Å². The van der Waals surface area contributed by atoms with Gasteiger partial charge in [-0.05, 0) is 18.2 Å². The highest BCUT2D eigenvalue weighted by Crippen LogP contribution is 2.17. The number of methoxy groups -OCH3 is 1. The predicted octanol–water partition coefficient (Wildman–Crippen LogP) is 1.63. The Morgan fingerprint density at radius 3 is 2.71 bits per heavy atom. The van der Waals surface area contributed by atoms with Crippen LogP contribution in [0, 0.1) is 0 Å². The quantitative estimate of drug-likeness (QED) is 0.611. The second kappa shape index (κ2) is 4.57. The maximum absolute atomic E-state index is 10.7. The number of carboxylic acids is 1. The summed E-state index contributed by atoms with van der Waals surface area (Å²) in [7, 11) is 1.28. The minimum Gasteiger partial charge on any atom is -0.477 e. The zero-order valence-electron chi connectivity index (χ0n) is 7.39. The minimum absolute atomic E-state index is 0.245. The van der Waals surface area contributed by atoms with E-state index in [1.807, 2.05) is 0 Å². The molecule has 0 aliphatic carbocycles. The number of carbonyl (C=O) groups excluding carboxylic acids is 1. The third-order valence-corrected chi connectivity index (χ3v) is 2.46. The normalized spacial score (nSPS) is 10.4. The Kier molecular flexibility index (Phi) is 3.41. The summed E-state index contributed by atoms with van der Waals surface area (Å²) in [5.74, 6) is -1.43. The van der Waals surface area contributed by atoms with Crippen molar-refractivity contribution in [3.8, 4) is 0 Å². The SMILES string of the molecule is COC(=O)/C=C/c1ccc(C(=O)O)s1. The van der Waals surface area contributed by atoms with Crippen molar-refractivity contribution in [3.63, 3.8) is 0 Å². The second-order valence-electron chi connectivity index (χ2n) is 2.36. The van der Waals surface area contributed by atoms with Crippen LogP contribution in [0.2, 0.25) is 0 Å². The van der Waals surface area contributed by atoms with Gasteiger partial charge in [0, 0.05) is 11.0 Å². The van der Waals surface area contributed by atoms with E-state index in [-0.39, 0.29) is 4.88 Å². The van der Waals surface area contributed by atoms with Crippen molar-refractivity contribution >= 4 is 29.4 Å². The van der Waals surface area contributed by atoms with Crippen LogP contribution in [-0.2, 0) is 9.53 Å². The Labute approximate surface area is 84.4 Å². The van der Waals surface area contributed by atoms with Gasteiger partial charge in [-0.25, -0.2) is 9.59 Å². The lowest BCUT2D eigenvalue weighted by atomic mass is 10.4. The van der Waals surface area contributed by atoms with E-state index in [2.05, 4.69) is 4.74 Å². The van der Waals surface area contributed by atoms with Crippen molar-refractivity contribution in [3.05, 3.63) is 28.0 Å². The van der Waals surface area contributed by atoms with E-state index in [1.165, 1.54) is 25.3 Å². The molecule has 74 valence electrons. The minimum atomic E-state index is -0.965. The largest absolute Gasteiger partial charge is 0.477 e. The summed E-state index contributed by atoms with van der Waals surface area (Å²) in [4.78, 5) is 22.2. The summed E-state index contributed by atoms with van der Waals surface area (Å²) in [5.41, 5.74) is 0. The van der Waals surface area contributed by atoms with Crippen LogP contribution in [0.4, 0.5) is 0 Å². The summed E-state index contributed by atoms with van der Waals surface area (Å²) < 4.78 is 4.39. The first-order chi connectivity index (χ1) is 6.63. The van der Waals surface area contributed by atoms with Crippen molar-refractivity contribution in [1.82, 2.24) is 0 Å². The number of thiophene rings is 1. The van der Waals surface area contributed by atoms with Crippen molar-refractivity contribution < 1.29 is 19.4 Å². The number of hydrogen-bond acceptors (Lipinski definition) is 4. The Morgan fingerprint density at radius 1 is 1.50 bits per heavy atom. The van der Waals surface area contributed by atoms with E-state index < -0.39 is 11.9 Å². The Morgan fingerprint density at radius 2 is 2.21 bits per heavy atom. The van der Waals surface area contributed by atoms with Crippen LogP contribution in [-0.4, -0.2) is 24.2 Å². The van der Waals surface area contributed by atoms with Crippen LogP contribution in [0.25, 0.3) is 6.08 Å². The predicted molar refractivity (Wildman–Crippen MR) is 52.3 cm³/mol. The van der Waals surface area contributed by atoms with Crippen molar-refractivity contribution in [2.24, 2.45) is 0 Å². The highest BCUT2D eigenvalue weighted by atomic mass is 32.1. The molecule has 0 saturated carbocycles. The molecule has 14 heavy (non-hydrogen) atoms. The molecule has 0 fully saturated rings. The molecule has 4 nitrogen and oxygen atoms in total. The Hall–Kier alpha value is -1.62. The number of esters is 1. The third-order valence-electron chi connectivity index (χ3n) is 1.42. The molecule has 0 spiro atoms. The third kappa shape index (κ3) is 2.70. The number of aromatic carboxylic acids is 1. The van der Waals surface area contributed by atoms with E-state index in [4.69, 9.17) is 5.11 Å². The van der Waals surface area contributed by atoms with E-state index in [1.54, 1.807) is 6.07 Å². The van der Waals surface area contributed by atoms with Crippen LogP contribution in [0.1, 0.15) is 14.5 Å². The van der Waals surface area contributed by atoms with Gasteiger partial charge in [-0.3, -0.25) is 0 Å². The van der Waals surface area contributed by atoms with Gasteiger partial charge in [-0.1, -0.05) is 0 Å². The Balaban J connectivity index is 2.73. The smallest absolute Gasteiger partial charge is 0.345 e. The van der Waals surface area contributed by atoms with Crippen molar-refractivity contribution in [2.45, 2.75) is 0 Å². The van der Waals surface area contributed by atoms with Crippen LogP contribution in [0.5, 0.6) is 0 Å². The average Bonchev–Trinajstić information content (AvgIpc) is 2.62. The molecular formula is C9H8O4S. The van der Waals surface area contributed by atoms with E-state index >= 15 is 0 Å². The van der Waals surface area contributed by atoms with Gasteiger partial charge in [0.1, 0.15) is 4.88 Å². The summed E-state index contributed by atoms with van der Waals surface area (Å²) in [6, 6.07) is 3.12. The molecule has 1 aromatic heterocycles. The lowest BCUT2D eigenvalue weighted by Gasteiger charge is -1.87. The maximum atomic E-state index is 10.7. The topological polar surface area (TPSA) is 63.6 Å². The summed E-state index contributed by atoms with van der Waals surface area (Å²) >= 11 is 1.10. The first-order valence-corrected chi connectivity index (χ1v) is 4.54. The molecule has 0 atom stereocenters. The van der Waals surface area contributed by atoms with Gasteiger partial charge < -0.3 is 9.84 Å². The van der Waals surface area contributed by atoms with Crippen molar-refractivity contribution in [1.29, 1.82) is 0 Å². The van der Waals surface area contributed by atoms with Gasteiger partial charge >= 0.3 is 11.9 Å². The first-order valence-electron chi connectivity index (χ1n) is 3.72. The molecule has 0 bridgehead atoms. The molecule has 0 saturated heterocycles. The molecule has 0 unspecified atom stereocenters. The van der Waals surface area contributed by atoms with Crippen LogP contribution in [0.3, 0.4) is 0 Å². The van der Waals surface area contributed by atoms with Crippen LogP contribution in [0.15, 0.2) is 18.2 Å². The zero-order chi connectivity index (χ0) is 10.6. The number of ether oxygens (including phenoxy) is 1. The molecule has 0 aromatic carbocycles. The standard InChI is InChI=1S/C9H8O4S/c1-13-8(10)5-3-6-2-4-7(14-6)9(11)12/h2-5H,1H3,(H,11,12)/b5-3+. The first kappa shape index (κ1) is 10.5. The van der Waals surface area contributed by atoms with Crippen molar-refractivity contribution in [2.75, 3.05) is 7.11 Å². The number of hydrogen-bond donors (Lipinski definition) is 1. The highest BCUT2D eigenvalue weighted by molar-refractivity contribution is 7.14. The molecule has 1 rings (SSSR count). The van der Waals surface area contributed by atoms with E-state index in [0.717, 1.165) is 11.3 Å². The van der Waals surface area contributed by atoms with Crippen LogP contribution < -0.4 is 0 Å². The Bertz CT molecular complexity index is 378. The molecule has 0 aliphatic rings. The zero-order valence-corrected chi connectivity index (χ0v) is 8.21. The fourth-order valence-corrected chi connectivity index (χ4v) is 1.53. The summed E-state index contributed by atoms with van der Waals surface area (Å²) in [6.07, 6.45) is 2.76. The van der Waals surface area contributed by atoms with Crippen LogP contribution >= 0.6 is 11.3 Å². The van der Waals surface area contributed by atoms with Gasteiger partial charge in [0.15, 0.2) is 0 Å². The van der Waals surface area contributed by atoms with Gasteiger partial charge in [-0.2, -0.15) is 0 Å². The van der Waals surface area contributed by atoms with Gasteiger partial charge in [0.2, 0.25) is 0 Å². The maximum Gasteiger partial charge on any atom is 0.345 e. The lowest BCUT2D eigenvalue weighted by molar-refractivity contribution is -0.134. The number of carboxylic acid groups (broad SMARTS) is 1. The number of rotatable bonds is 3. The second-order valence-corrected chi connectivity index (χ2v) is 3.48.